The number of thioether (sulfide) groups is 1. The normalized spacial score (nSPS) is 10.6. The van der Waals surface area contributed by atoms with Crippen LogP contribution >= 0.6 is 23.4 Å². The van der Waals surface area contributed by atoms with Crippen molar-refractivity contribution in [3.8, 4) is 0 Å². The van der Waals surface area contributed by atoms with Gasteiger partial charge < -0.3 is 0 Å². The molecule has 2 rings (SSSR count). The fraction of sp³-hybridized carbons (Fsp3) is 0.143. The lowest BCUT2D eigenvalue weighted by atomic mass is 10.2. The fourth-order valence-electron chi connectivity index (χ4n) is 1.57. The van der Waals surface area contributed by atoms with Gasteiger partial charge in [-0.25, -0.2) is 8.78 Å². The van der Waals surface area contributed by atoms with Gasteiger partial charge in [0.05, 0.1) is 0 Å². The van der Waals surface area contributed by atoms with Crippen molar-refractivity contribution in [2.75, 3.05) is 0 Å². The number of halogens is 3. The molecule has 18 heavy (non-hydrogen) atoms. The number of hydrogen-bond acceptors (Lipinski definition) is 1. The molecule has 2 aromatic carbocycles. The van der Waals surface area contributed by atoms with Crippen LogP contribution in [0.15, 0.2) is 42.5 Å². The molecule has 0 amide bonds. The molecule has 0 N–H and O–H groups in total. The average molecular weight is 285 g/mol. The zero-order chi connectivity index (χ0) is 13.0. The van der Waals surface area contributed by atoms with Crippen LogP contribution < -0.4 is 0 Å². The summed E-state index contributed by atoms with van der Waals surface area (Å²) < 4.78 is 26.4. The molecule has 0 unspecified atom stereocenters. The Morgan fingerprint density at radius 2 is 1.78 bits per heavy atom. The summed E-state index contributed by atoms with van der Waals surface area (Å²) in [6, 6.07) is 11.0. The second-order valence-electron chi connectivity index (χ2n) is 3.82. The predicted octanol–water partition coefficient (Wildman–Crippen LogP) is 5.05. The molecule has 0 bridgehead atoms. The van der Waals surface area contributed by atoms with Gasteiger partial charge in [-0.1, -0.05) is 29.8 Å². The third-order valence-electron chi connectivity index (χ3n) is 2.47. The minimum Gasteiger partial charge on any atom is -0.207 e. The lowest BCUT2D eigenvalue weighted by molar-refractivity contribution is 0.617. The third-order valence-corrected chi connectivity index (χ3v) is 3.85. The highest BCUT2D eigenvalue weighted by molar-refractivity contribution is 7.97. The maximum atomic E-state index is 13.5. The maximum Gasteiger partial charge on any atom is 0.128 e. The topological polar surface area (TPSA) is 0 Å². The summed E-state index contributed by atoms with van der Waals surface area (Å²) in [5.41, 5.74) is 1.38. The van der Waals surface area contributed by atoms with E-state index in [0.29, 0.717) is 22.1 Å². The van der Waals surface area contributed by atoms with E-state index in [1.54, 1.807) is 18.2 Å². The third kappa shape index (κ3) is 3.47. The largest absolute Gasteiger partial charge is 0.207 e. The molecule has 0 saturated carbocycles. The fourth-order valence-corrected chi connectivity index (χ4v) is 2.89. The van der Waals surface area contributed by atoms with E-state index >= 15 is 0 Å². The summed E-state index contributed by atoms with van der Waals surface area (Å²) in [7, 11) is 0. The summed E-state index contributed by atoms with van der Waals surface area (Å²) in [5, 5.41) is 0.432. The van der Waals surface area contributed by atoms with E-state index in [2.05, 4.69) is 0 Å². The van der Waals surface area contributed by atoms with Crippen LogP contribution in [0.1, 0.15) is 11.1 Å². The number of rotatable bonds is 4. The highest BCUT2D eigenvalue weighted by Gasteiger charge is 2.06. The van der Waals surface area contributed by atoms with Crippen LogP contribution in [0.5, 0.6) is 0 Å². The Morgan fingerprint density at radius 1 is 1.00 bits per heavy atom. The quantitative estimate of drug-likeness (QED) is 0.757. The smallest absolute Gasteiger partial charge is 0.128 e. The average Bonchev–Trinajstić information content (AvgIpc) is 2.33. The van der Waals surface area contributed by atoms with Crippen molar-refractivity contribution < 1.29 is 8.78 Å². The number of hydrogen-bond donors (Lipinski definition) is 0. The molecule has 0 radical (unpaired) electrons. The molecule has 0 fully saturated rings. The Hall–Kier alpha value is -1.06. The molecule has 0 nitrogen and oxygen atoms in total. The Balaban J connectivity index is 1.97. The van der Waals surface area contributed by atoms with Crippen molar-refractivity contribution in [3.63, 3.8) is 0 Å². The first-order valence-electron chi connectivity index (χ1n) is 5.42. The Kier molecular flexibility index (Phi) is 4.61. The van der Waals surface area contributed by atoms with E-state index in [9.17, 15) is 8.78 Å². The standard InChI is InChI=1S/C14H11ClF2S/c15-13-5-2-6-14(17)12(13)9-18-8-10-3-1-4-11(16)7-10/h1-7H,8-9H2. The molecule has 0 saturated heterocycles. The summed E-state index contributed by atoms with van der Waals surface area (Å²) in [6.07, 6.45) is 0. The predicted molar refractivity (Wildman–Crippen MR) is 72.8 cm³/mol. The maximum absolute atomic E-state index is 13.5. The first-order chi connectivity index (χ1) is 8.66. The molecule has 0 heterocycles. The van der Waals surface area contributed by atoms with Gasteiger partial charge in [-0.15, -0.1) is 0 Å². The minimum absolute atomic E-state index is 0.253. The highest BCUT2D eigenvalue weighted by Crippen LogP contribution is 2.25. The van der Waals surface area contributed by atoms with Gasteiger partial charge in [0.15, 0.2) is 0 Å². The van der Waals surface area contributed by atoms with Crippen LogP contribution in [0.3, 0.4) is 0 Å². The summed E-state index contributed by atoms with van der Waals surface area (Å²) >= 11 is 7.43. The van der Waals surface area contributed by atoms with Crippen molar-refractivity contribution in [1.29, 1.82) is 0 Å². The first kappa shape index (κ1) is 13.4. The van der Waals surface area contributed by atoms with Crippen LogP contribution in [0, 0.1) is 11.6 Å². The molecule has 0 aliphatic rings. The van der Waals surface area contributed by atoms with Crippen molar-refractivity contribution in [1.82, 2.24) is 0 Å². The van der Waals surface area contributed by atoms with Gasteiger partial charge in [-0.05, 0) is 29.8 Å². The Bertz CT molecular complexity index is 523. The highest BCUT2D eigenvalue weighted by atomic mass is 35.5. The number of benzene rings is 2. The lowest BCUT2D eigenvalue weighted by Crippen LogP contribution is -1.90. The van der Waals surface area contributed by atoms with Crippen molar-refractivity contribution in [2.24, 2.45) is 0 Å². The molecule has 0 spiro atoms. The van der Waals surface area contributed by atoms with Gasteiger partial charge in [0, 0.05) is 22.1 Å². The summed E-state index contributed by atoms with van der Waals surface area (Å²) in [5.74, 6) is 0.552. The molecule has 0 aromatic heterocycles. The summed E-state index contributed by atoms with van der Waals surface area (Å²) in [4.78, 5) is 0. The van der Waals surface area contributed by atoms with Crippen LogP contribution in [-0.2, 0) is 11.5 Å². The molecule has 94 valence electrons. The van der Waals surface area contributed by atoms with Crippen molar-refractivity contribution >= 4 is 23.4 Å². The van der Waals surface area contributed by atoms with E-state index < -0.39 is 0 Å². The van der Waals surface area contributed by atoms with Gasteiger partial charge in [0.2, 0.25) is 0 Å². The first-order valence-corrected chi connectivity index (χ1v) is 6.95. The van der Waals surface area contributed by atoms with Gasteiger partial charge >= 0.3 is 0 Å². The zero-order valence-electron chi connectivity index (χ0n) is 9.50. The second kappa shape index (κ2) is 6.21. The van der Waals surface area contributed by atoms with Crippen LogP contribution in [0.2, 0.25) is 5.02 Å². The van der Waals surface area contributed by atoms with E-state index in [-0.39, 0.29) is 11.6 Å². The monoisotopic (exact) mass is 284 g/mol. The lowest BCUT2D eigenvalue weighted by Gasteiger charge is -2.06. The van der Waals surface area contributed by atoms with Gasteiger partial charge in [-0.3, -0.25) is 0 Å². The SMILES string of the molecule is Fc1cccc(CSCc2c(F)cccc2Cl)c1. The molecule has 0 atom stereocenters. The van der Waals surface area contributed by atoms with Crippen molar-refractivity contribution in [2.45, 2.75) is 11.5 Å². The van der Waals surface area contributed by atoms with E-state index in [1.807, 2.05) is 6.07 Å². The summed E-state index contributed by atoms with van der Waals surface area (Å²) in [6.45, 7) is 0. The molecule has 0 aliphatic carbocycles. The second-order valence-corrected chi connectivity index (χ2v) is 5.22. The minimum atomic E-state index is -0.297. The van der Waals surface area contributed by atoms with E-state index in [4.69, 9.17) is 11.6 Å². The molecule has 4 heteroatoms. The van der Waals surface area contributed by atoms with Crippen LogP contribution in [-0.4, -0.2) is 0 Å². The molecular weight excluding hydrogens is 274 g/mol. The van der Waals surface area contributed by atoms with E-state index in [1.165, 1.54) is 30.0 Å². The zero-order valence-corrected chi connectivity index (χ0v) is 11.1. The Labute approximate surface area is 114 Å². The Morgan fingerprint density at radius 3 is 2.50 bits per heavy atom. The molecule has 2 aromatic rings. The van der Waals surface area contributed by atoms with Crippen LogP contribution in [0.4, 0.5) is 8.78 Å². The van der Waals surface area contributed by atoms with Crippen LogP contribution in [0.25, 0.3) is 0 Å². The van der Waals surface area contributed by atoms with Crippen molar-refractivity contribution in [3.05, 3.63) is 70.2 Å². The van der Waals surface area contributed by atoms with E-state index in [0.717, 1.165) is 5.56 Å². The van der Waals surface area contributed by atoms with Gasteiger partial charge in [0.1, 0.15) is 11.6 Å². The van der Waals surface area contributed by atoms with Gasteiger partial charge in [-0.2, -0.15) is 11.8 Å². The molecule has 0 aliphatic heterocycles. The molecular formula is C14H11ClF2S. The van der Waals surface area contributed by atoms with Gasteiger partial charge in [0.25, 0.3) is 0 Å².